The van der Waals surface area contributed by atoms with Crippen molar-refractivity contribution in [3.63, 3.8) is 0 Å². The van der Waals surface area contributed by atoms with E-state index >= 15 is 0 Å². The highest BCUT2D eigenvalue weighted by Crippen LogP contribution is 2.23. The van der Waals surface area contributed by atoms with Gasteiger partial charge in [0.15, 0.2) is 0 Å². The van der Waals surface area contributed by atoms with Gasteiger partial charge in [-0.3, -0.25) is 9.47 Å². The first-order chi connectivity index (χ1) is 11.1. The molecule has 3 rings (SSSR count). The van der Waals surface area contributed by atoms with Gasteiger partial charge in [-0.2, -0.15) is 10.4 Å². The fourth-order valence-electron chi connectivity index (χ4n) is 3.36. The average Bonchev–Trinajstić information content (AvgIpc) is 2.81. The lowest BCUT2D eigenvalue weighted by molar-refractivity contribution is 0.176. The first-order valence-electron chi connectivity index (χ1n) is 7.92. The molecule has 0 bridgehead atoms. The van der Waals surface area contributed by atoms with Crippen molar-refractivity contribution in [2.24, 2.45) is 7.05 Å². The zero-order valence-corrected chi connectivity index (χ0v) is 13.6. The number of nitrogens with zero attached hydrogens (tertiary/aromatic N) is 5. The van der Waals surface area contributed by atoms with Crippen molar-refractivity contribution in [3.05, 3.63) is 51.7 Å². The summed E-state index contributed by atoms with van der Waals surface area (Å²) in [4.78, 5) is 14.5. The first kappa shape index (κ1) is 15.5. The lowest BCUT2D eigenvalue weighted by atomic mass is 10.0. The highest BCUT2D eigenvalue weighted by atomic mass is 16.2. The van der Waals surface area contributed by atoms with E-state index in [1.807, 2.05) is 29.7 Å². The molecule has 1 aliphatic heterocycles. The molecular weight excluding hydrogens is 290 g/mol. The van der Waals surface area contributed by atoms with Crippen molar-refractivity contribution in [2.45, 2.75) is 32.4 Å². The molecule has 0 radical (unpaired) electrons. The fraction of sp³-hybridized carbons (Fsp3) is 0.471. The molecule has 2 heterocycles. The van der Waals surface area contributed by atoms with E-state index in [0.29, 0.717) is 5.56 Å². The molecular formula is C17H21N5O. The van der Waals surface area contributed by atoms with Crippen molar-refractivity contribution >= 4 is 0 Å². The summed E-state index contributed by atoms with van der Waals surface area (Å²) >= 11 is 0. The van der Waals surface area contributed by atoms with Gasteiger partial charge in [-0.15, -0.1) is 0 Å². The Morgan fingerprint density at radius 2 is 2.09 bits per heavy atom. The summed E-state index contributed by atoms with van der Waals surface area (Å²) in [6, 6.07) is 10.2. The zero-order chi connectivity index (χ0) is 16.4. The van der Waals surface area contributed by atoms with Gasteiger partial charge in [0.05, 0.1) is 11.6 Å². The zero-order valence-electron chi connectivity index (χ0n) is 13.6. The van der Waals surface area contributed by atoms with Gasteiger partial charge in [-0.05, 0) is 37.5 Å². The third kappa shape index (κ3) is 3.20. The van der Waals surface area contributed by atoms with Gasteiger partial charge in [-0.25, -0.2) is 9.48 Å². The maximum absolute atomic E-state index is 12.2. The van der Waals surface area contributed by atoms with Crippen LogP contribution in [-0.2, 0) is 13.6 Å². The topological polar surface area (TPSA) is 66.8 Å². The fourth-order valence-corrected chi connectivity index (χ4v) is 3.36. The molecule has 0 N–H and O–H groups in total. The molecule has 0 atom stereocenters. The van der Waals surface area contributed by atoms with Crippen molar-refractivity contribution in [1.29, 1.82) is 5.26 Å². The van der Waals surface area contributed by atoms with E-state index in [2.05, 4.69) is 22.1 Å². The van der Waals surface area contributed by atoms with Crippen LogP contribution in [-0.4, -0.2) is 32.3 Å². The van der Waals surface area contributed by atoms with Crippen molar-refractivity contribution in [3.8, 4) is 6.07 Å². The van der Waals surface area contributed by atoms with E-state index < -0.39 is 0 Å². The SMILES string of the molecule is Cc1nn(C)c(=O)n1C1CCN(Cc2cccc(C#N)c2)CC1. The second-order valence-corrected chi connectivity index (χ2v) is 6.14. The van der Waals surface area contributed by atoms with Crippen molar-refractivity contribution in [1.82, 2.24) is 19.2 Å². The number of likely N-dealkylation sites (tertiary alicyclic amines) is 1. The molecule has 1 aromatic carbocycles. The van der Waals surface area contributed by atoms with E-state index in [-0.39, 0.29) is 11.7 Å². The molecule has 6 nitrogen and oxygen atoms in total. The minimum absolute atomic E-state index is 0.0253. The predicted octanol–water partition coefficient (Wildman–Crippen LogP) is 1.60. The van der Waals surface area contributed by atoms with Crippen LogP contribution in [0.15, 0.2) is 29.1 Å². The Morgan fingerprint density at radius 1 is 1.35 bits per heavy atom. The summed E-state index contributed by atoms with van der Waals surface area (Å²) < 4.78 is 3.24. The van der Waals surface area contributed by atoms with Crippen molar-refractivity contribution < 1.29 is 0 Å². The summed E-state index contributed by atoms with van der Waals surface area (Å²) in [5.74, 6) is 0.790. The Kier molecular flexibility index (Phi) is 4.30. The molecule has 1 fully saturated rings. The van der Waals surface area contributed by atoms with Crippen LogP contribution in [0.3, 0.4) is 0 Å². The second-order valence-electron chi connectivity index (χ2n) is 6.14. The normalized spacial score (nSPS) is 16.4. The van der Waals surface area contributed by atoms with E-state index in [1.165, 1.54) is 4.68 Å². The number of piperidine rings is 1. The van der Waals surface area contributed by atoms with Crippen LogP contribution in [0.1, 0.15) is 35.8 Å². The smallest absolute Gasteiger partial charge is 0.299 e. The highest BCUT2D eigenvalue weighted by molar-refractivity contribution is 5.32. The molecule has 0 aliphatic carbocycles. The minimum atomic E-state index is -0.0253. The van der Waals surface area contributed by atoms with Gasteiger partial charge in [-0.1, -0.05) is 12.1 Å². The molecule has 23 heavy (non-hydrogen) atoms. The standard InChI is InChI=1S/C17H21N5O/c1-13-19-20(2)17(23)22(13)16-6-8-21(9-7-16)12-15-5-3-4-14(10-15)11-18/h3-5,10,16H,6-9,12H2,1-2H3. The lowest BCUT2D eigenvalue weighted by Gasteiger charge is -2.32. The summed E-state index contributed by atoms with van der Waals surface area (Å²) in [5.41, 5.74) is 1.84. The quantitative estimate of drug-likeness (QED) is 0.863. The lowest BCUT2D eigenvalue weighted by Crippen LogP contribution is -2.37. The van der Waals surface area contributed by atoms with Gasteiger partial charge in [0.25, 0.3) is 0 Å². The maximum atomic E-state index is 12.2. The van der Waals surface area contributed by atoms with Gasteiger partial charge >= 0.3 is 5.69 Å². The van der Waals surface area contributed by atoms with Gasteiger partial charge < -0.3 is 0 Å². The predicted molar refractivity (Wildman–Crippen MR) is 86.9 cm³/mol. The molecule has 0 saturated carbocycles. The summed E-state index contributed by atoms with van der Waals surface area (Å²) in [7, 11) is 1.70. The molecule has 6 heteroatoms. The third-order valence-electron chi connectivity index (χ3n) is 4.51. The number of rotatable bonds is 3. The Balaban J connectivity index is 1.64. The number of hydrogen-bond donors (Lipinski definition) is 0. The monoisotopic (exact) mass is 311 g/mol. The summed E-state index contributed by atoms with van der Waals surface area (Å²) in [6.07, 6.45) is 1.90. The molecule has 120 valence electrons. The number of aryl methyl sites for hydroxylation is 2. The van der Waals surface area contributed by atoms with Crippen LogP contribution in [0.2, 0.25) is 0 Å². The molecule has 1 aliphatic rings. The van der Waals surface area contributed by atoms with E-state index in [0.717, 1.165) is 43.9 Å². The molecule has 0 amide bonds. The Labute approximate surface area is 135 Å². The second kappa shape index (κ2) is 6.39. The molecule has 0 spiro atoms. The number of nitriles is 1. The Hall–Kier alpha value is -2.39. The number of hydrogen-bond acceptors (Lipinski definition) is 4. The number of aromatic nitrogens is 3. The third-order valence-corrected chi connectivity index (χ3v) is 4.51. The van der Waals surface area contributed by atoms with Crippen LogP contribution in [0, 0.1) is 18.3 Å². The minimum Gasteiger partial charge on any atom is -0.299 e. The Bertz CT molecular complexity index is 790. The van der Waals surface area contributed by atoms with Gasteiger partial charge in [0.1, 0.15) is 5.82 Å². The summed E-state index contributed by atoms with van der Waals surface area (Å²) in [6.45, 7) is 4.63. The van der Waals surface area contributed by atoms with Gasteiger partial charge in [0, 0.05) is 32.7 Å². The molecule has 2 aromatic rings. The summed E-state index contributed by atoms with van der Waals surface area (Å²) in [5, 5.41) is 13.2. The van der Waals surface area contributed by atoms with Gasteiger partial charge in [0.2, 0.25) is 0 Å². The first-order valence-corrected chi connectivity index (χ1v) is 7.92. The van der Waals surface area contributed by atoms with Crippen LogP contribution in [0.25, 0.3) is 0 Å². The number of benzene rings is 1. The van der Waals surface area contributed by atoms with E-state index in [1.54, 1.807) is 7.05 Å². The van der Waals surface area contributed by atoms with Crippen LogP contribution < -0.4 is 5.69 Å². The van der Waals surface area contributed by atoms with Crippen molar-refractivity contribution in [2.75, 3.05) is 13.1 Å². The maximum Gasteiger partial charge on any atom is 0.345 e. The van der Waals surface area contributed by atoms with E-state index in [9.17, 15) is 4.79 Å². The molecule has 1 saturated heterocycles. The highest BCUT2D eigenvalue weighted by Gasteiger charge is 2.24. The van der Waals surface area contributed by atoms with Crippen LogP contribution >= 0.6 is 0 Å². The Morgan fingerprint density at radius 3 is 2.70 bits per heavy atom. The molecule has 0 unspecified atom stereocenters. The van der Waals surface area contributed by atoms with E-state index in [4.69, 9.17) is 5.26 Å². The van der Waals surface area contributed by atoms with Crippen LogP contribution in [0.5, 0.6) is 0 Å². The van der Waals surface area contributed by atoms with Crippen LogP contribution in [0.4, 0.5) is 0 Å². The molecule has 1 aromatic heterocycles. The average molecular weight is 311 g/mol. The largest absolute Gasteiger partial charge is 0.345 e.